The van der Waals surface area contributed by atoms with Crippen LogP contribution < -0.4 is 11.1 Å². The highest BCUT2D eigenvalue weighted by Gasteiger charge is 1.86. The van der Waals surface area contributed by atoms with Gasteiger partial charge in [0.2, 0.25) is 0 Å². The summed E-state index contributed by atoms with van der Waals surface area (Å²) in [6.07, 6.45) is 3.22. The molecule has 0 aromatic heterocycles. The quantitative estimate of drug-likeness (QED) is 0.562. The summed E-state index contributed by atoms with van der Waals surface area (Å²) in [5, 5.41) is 2.89. The molecule has 0 aliphatic carbocycles. The number of allylic oxidation sites excluding steroid dienone is 1. The third kappa shape index (κ3) is 3.95. The van der Waals surface area contributed by atoms with Gasteiger partial charge in [-0.15, -0.1) is 0 Å². The maximum atomic E-state index is 5.25. The topological polar surface area (TPSA) is 50.4 Å². The minimum atomic E-state index is 0.322. The molecular weight excluding hydrogens is 126 g/mol. The predicted octanol–water partition coefficient (Wildman–Crippen LogP) is 0.485. The standard InChI is InChI=1S/C7H15N3/c1-6(2)10-5-7(4-8)9-3/h4-6,9H,8H2,1-3H3/b7-4+,10-5?. The van der Waals surface area contributed by atoms with E-state index in [-0.39, 0.29) is 0 Å². The zero-order chi connectivity index (χ0) is 7.98. The third-order valence-electron chi connectivity index (χ3n) is 0.980. The molecular formula is C7H15N3. The fourth-order valence-corrected chi connectivity index (χ4v) is 0.420. The SMILES string of the molecule is CN/C(C=NC(C)C)=C/N. The molecule has 0 aromatic carbocycles. The average molecular weight is 141 g/mol. The highest BCUT2D eigenvalue weighted by atomic mass is 14.9. The van der Waals surface area contributed by atoms with Crippen molar-refractivity contribution in [3.05, 3.63) is 11.9 Å². The van der Waals surface area contributed by atoms with Crippen molar-refractivity contribution >= 4 is 6.21 Å². The van der Waals surface area contributed by atoms with Crippen molar-refractivity contribution in [2.45, 2.75) is 19.9 Å². The fourth-order valence-electron chi connectivity index (χ4n) is 0.420. The average Bonchev–Trinajstić information content (AvgIpc) is 1.90. The lowest BCUT2D eigenvalue weighted by Gasteiger charge is -1.98. The molecule has 0 unspecified atom stereocenters. The van der Waals surface area contributed by atoms with Gasteiger partial charge < -0.3 is 11.1 Å². The number of hydrogen-bond donors (Lipinski definition) is 2. The van der Waals surface area contributed by atoms with Gasteiger partial charge in [-0.25, -0.2) is 0 Å². The number of hydrogen-bond acceptors (Lipinski definition) is 3. The van der Waals surface area contributed by atoms with E-state index in [4.69, 9.17) is 5.73 Å². The Kier molecular flexibility index (Phi) is 4.37. The molecule has 0 heterocycles. The van der Waals surface area contributed by atoms with Crippen LogP contribution in [0.2, 0.25) is 0 Å². The molecule has 0 aliphatic rings. The van der Waals surface area contributed by atoms with Crippen LogP contribution in [-0.2, 0) is 0 Å². The summed E-state index contributed by atoms with van der Waals surface area (Å²) in [6.45, 7) is 4.03. The van der Waals surface area contributed by atoms with E-state index in [1.54, 1.807) is 6.21 Å². The Morgan fingerprint density at radius 3 is 2.50 bits per heavy atom. The normalized spacial score (nSPS) is 13.0. The lowest BCUT2D eigenvalue weighted by atomic mass is 10.4. The smallest absolute Gasteiger partial charge is 0.0676 e. The van der Waals surface area contributed by atoms with E-state index in [0.29, 0.717) is 6.04 Å². The summed E-state index contributed by atoms with van der Waals surface area (Å²) in [6, 6.07) is 0.322. The molecule has 3 heteroatoms. The number of nitrogens with two attached hydrogens (primary N) is 1. The number of rotatable bonds is 3. The molecule has 3 N–H and O–H groups in total. The largest absolute Gasteiger partial charge is 0.403 e. The molecule has 0 rings (SSSR count). The molecule has 0 radical (unpaired) electrons. The van der Waals surface area contributed by atoms with Crippen LogP contribution in [0.15, 0.2) is 16.9 Å². The van der Waals surface area contributed by atoms with Gasteiger partial charge in [0.05, 0.1) is 5.70 Å². The summed E-state index contributed by atoms with van der Waals surface area (Å²) in [7, 11) is 1.81. The molecule has 58 valence electrons. The second-order valence-corrected chi connectivity index (χ2v) is 2.24. The Bertz CT molecular complexity index is 136. The van der Waals surface area contributed by atoms with Gasteiger partial charge in [0, 0.05) is 25.5 Å². The molecule has 0 amide bonds. The van der Waals surface area contributed by atoms with Crippen molar-refractivity contribution in [3.8, 4) is 0 Å². The third-order valence-corrected chi connectivity index (χ3v) is 0.980. The Hall–Kier alpha value is -0.990. The maximum absolute atomic E-state index is 5.25. The summed E-state index contributed by atoms with van der Waals surface area (Å²) >= 11 is 0. The maximum Gasteiger partial charge on any atom is 0.0676 e. The zero-order valence-corrected chi connectivity index (χ0v) is 6.76. The molecule has 0 saturated heterocycles. The lowest BCUT2D eigenvalue weighted by Crippen LogP contribution is -2.09. The summed E-state index contributed by atoms with van der Waals surface area (Å²) in [4.78, 5) is 4.13. The Balaban J connectivity index is 3.86. The highest BCUT2D eigenvalue weighted by molar-refractivity contribution is 5.77. The van der Waals surface area contributed by atoms with Gasteiger partial charge >= 0.3 is 0 Å². The second-order valence-electron chi connectivity index (χ2n) is 2.24. The van der Waals surface area contributed by atoms with Crippen molar-refractivity contribution in [2.75, 3.05) is 7.05 Å². The minimum absolute atomic E-state index is 0.322. The molecule has 0 fully saturated rings. The predicted molar refractivity (Wildman–Crippen MR) is 45.0 cm³/mol. The zero-order valence-electron chi connectivity index (χ0n) is 6.76. The van der Waals surface area contributed by atoms with Gasteiger partial charge in [-0.1, -0.05) is 0 Å². The first-order valence-corrected chi connectivity index (χ1v) is 3.33. The highest BCUT2D eigenvalue weighted by Crippen LogP contribution is 1.85. The van der Waals surface area contributed by atoms with Crippen LogP contribution in [0.5, 0.6) is 0 Å². The van der Waals surface area contributed by atoms with Crippen LogP contribution in [0.3, 0.4) is 0 Å². The second kappa shape index (κ2) is 4.85. The molecule has 0 bridgehead atoms. The van der Waals surface area contributed by atoms with Crippen molar-refractivity contribution in [2.24, 2.45) is 10.7 Å². The minimum Gasteiger partial charge on any atom is -0.403 e. The fraction of sp³-hybridized carbons (Fsp3) is 0.571. The molecule has 0 aromatic rings. The summed E-state index contributed by atoms with van der Waals surface area (Å²) in [5.74, 6) is 0. The van der Waals surface area contributed by atoms with Crippen LogP contribution in [-0.4, -0.2) is 19.3 Å². The first kappa shape index (κ1) is 9.01. The van der Waals surface area contributed by atoms with Gasteiger partial charge in [-0.2, -0.15) is 0 Å². The van der Waals surface area contributed by atoms with E-state index in [2.05, 4.69) is 10.3 Å². The number of aliphatic imine (C=N–C) groups is 1. The molecule has 0 spiro atoms. The molecule has 3 nitrogen and oxygen atoms in total. The Morgan fingerprint density at radius 2 is 2.20 bits per heavy atom. The van der Waals surface area contributed by atoms with E-state index in [1.165, 1.54) is 6.20 Å². The van der Waals surface area contributed by atoms with Crippen molar-refractivity contribution in [1.29, 1.82) is 0 Å². The van der Waals surface area contributed by atoms with Crippen molar-refractivity contribution in [1.82, 2.24) is 5.32 Å². The van der Waals surface area contributed by atoms with Gasteiger partial charge in [-0.05, 0) is 13.8 Å². The number of nitrogens with one attached hydrogen (secondary N) is 1. The van der Waals surface area contributed by atoms with E-state index in [0.717, 1.165) is 5.70 Å². The monoisotopic (exact) mass is 141 g/mol. The van der Waals surface area contributed by atoms with Crippen LogP contribution in [0.4, 0.5) is 0 Å². The van der Waals surface area contributed by atoms with Crippen LogP contribution in [0, 0.1) is 0 Å². The van der Waals surface area contributed by atoms with E-state index >= 15 is 0 Å². The van der Waals surface area contributed by atoms with Gasteiger partial charge in [0.15, 0.2) is 0 Å². The van der Waals surface area contributed by atoms with Crippen LogP contribution in [0.1, 0.15) is 13.8 Å². The van der Waals surface area contributed by atoms with Gasteiger partial charge in [0.25, 0.3) is 0 Å². The van der Waals surface area contributed by atoms with E-state index < -0.39 is 0 Å². The molecule has 0 atom stereocenters. The van der Waals surface area contributed by atoms with Gasteiger partial charge in [-0.3, -0.25) is 4.99 Å². The first-order valence-electron chi connectivity index (χ1n) is 3.33. The Labute approximate surface area is 62.0 Å². The van der Waals surface area contributed by atoms with E-state index in [1.807, 2.05) is 20.9 Å². The van der Waals surface area contributed by atoms with E-state index in [9.17, 15) is 0 Å². The first-order chi connectivity index (χ1) is 4.70. The van der Waals surface area contributed by atoms with Gasteiger partial charge in [0.1, 0.15) is 0 Å². The van der Waals surface area contributed by atoms with Crippen LogP contribution >= 0.6 is 0 Å². The molecule has 0 aliphatic heterocycles. The molecule has 0 saturated carbocycles. The Morgan fingerprint density at radius 1 is 1.60 bits per heavy atom. The molecule has 10 heavy (non-hydrogen) atoms. The summed E-state index contributed by atoms with van der Waals surface area (Å²) < 4.78 is 0. The van der Waals surface area contributed by atoms with Crippen molar-refractivity contribution < 1.29 is 0 Å². The summed E-state index contributed by atoms with van der Waals surface area (Å²) in [5.41, 5.74) is 6.10. The van der Waals surface area contributed by atoms with Crippen LogP contribution in [0.25, 0.3) is 0 Å². The number of nitrogens with zero attached hydrogens (tertiary/aromatic N) is 1. The lowest BCUT2D eigenvalue weighted by molar-refractivity contribution is 0.838. The van der Waals surface area contributed by atoms with Crippen molar-refractivity contribution in [3.63, 3.8) is 0 Å².